The number of hydrogen-bond acceptors (Lipinski definition) is 3. The lowest BCUT2D eigenvalue weighted by atomic mass is 10.1. The van der Waals surface area contributed by atoms with Crippen molar-refractivity contribution in [2.24, 2.45) is 0 Å². The maximum Gasteiger partial charge on any atom is 0.251 e. The number of halogens is 1. The van der Waals surface area contributed by atoms with Crippen molar-refractivity contribution >= 4 is 27.5 Å². The molecule has 5 heteroatoms. The monoisotopic (exact) mass is 348 g/mol. The summed E-state index contributed by atoms with van der Waals surface area (Å²) in [7, 11) is 0. The standard InChI is InChI=1S/C16H17BrN2O2/c1-11-9-12(17)5-6-15(11)16(20)19-7-8-21-14-4-2-3-13(18)10-14/h2-6,9-10H,7-8,18H2,1H3,(H,19,20). The molecule has 0 atom stereocenters. The van der Waals surface area contributed by atoms with E-state index in [-0.39, 0.29) is 5.91 Å². The molecule has 0 radical (unpaired) electrons. The van der Waals surface area contributed by atoms with E-state index in [9.17, 15) is 4.79 Å². The van der Waals surface area contributed by atoms with E-state index in [0.717, 1.165) is 10.0 Å². The highest BCUT2D eigenvalue weighted by molar-refractivity contribution is 9.10. The topological polar surface area (TPSA) is 64.3 Å². The van der Waals surface area contributed by atoms with Crippen molar-refractivity contribution in [3.63, 3.8) is 0 Å². The van der Waals surface area contributed by atoms with Crippen LogP contribution in [0.15, 0.2) is 46.9 Å². The van der Waals surface area contributed by atoms with E-state index in [4.69, 9.17) is 10.5 Å². The van der Waals surface area contributed by atoms with Gasteiger partial charge in [-0.15, -0.1) is 0 Å². The van der Waals surface area contributed by atoms with Gasteiger partial charge in [0.2, 0.25) is 0 Å². The number of ether oxygens (including phenoxy) is 1. The second-order valence-corrected chi connectivity index (χ2v) is 5.55. The fraction of sp³-hybridized carbons (Fsp3) is 0.188. The number of hydrogen-bond donors (Lipinski definition) is 2. The summed E-state index contributed by atoms with van der Waals surface area (Å²) in [5, 5.41) is 2.83. The van der Waals surface area contributed by atoms with Gasteiger partial charge >= 0.3 is 0 Å². The molecule has 2 aromatic rings. The first-order valence-electron chi connectivity index (χ1n) is 6.59. The van der Waals surface area contributed by atoms with Crippen LogP contribution in [0.5, 0.6) is 5.75 Å². The summed E-state index contributed by atoms with van der Waals surface area (Å²) >= 11 is 3.38. The van der Waals surface area contributed by atoms with E-state index in [1.165, 1.54) is 0 Å². The molecule has 110 valence electrons. The zero-order chi connectivity index (χ0) is 15.2. The van der Waals surface area contributed by atoms with Gasteiger partial charge in [0.25, 0.3) is 5.91 Å². The molecule has 2 aromatic carbocycles. The van der Waals surface area contributed by atoms with Crippen molar-refractivity contribution in [2.75, 3.05) is 18.9 Å². The second-order valence-electron chi connectivity index (χ2n) is 4.64. The molecule has 0 heterocycles. The van der Waals surface area contributed by atoms with Crippen LogP contribution in [0.3, 0.4) is 0 Å². The Kier molecular flexibility index (Phi) is 5.22. The van der Waals surface area contributed by atoms with Gasteiger partial charge in [0.15, 0.2) is 0 Å². The Morgan fingerprint density at radius 3 is 2.81 bits per heavy atom. The maximum atomic E-state index is 12.0. The summed E-state index contributed by atoms with van der Waals surface area (Å²) < 4.78 is 6.48. The Morgan fingerprint density at radius 1 is 1.29 bits per heavy atom. The zero-order valence-corrected chi connectivity index (χ0v) is 13.3. The molecule has 3 N–H and O–H groups in total. The molecule has 0 aliphatic heterocycles. The van der Waals surface area contributed by atoms with Crippen LogP contribution in [0.4, 0.5) is 5.69 Å². The first-order chi connectivity index (χ1) is 10.1. The molecule has 0 saturated heterocycles. The van der Waals surface area contributed by atoms with Gasteiger partial charge in [-0.25, -0.2) is 0 Å². The maximum absolute atomic E-state index is 12.0. The second kappa shape index (κ2) is 7.13. The number of nitrogens with two attached hydrogens (primary N) is 1. The fourth-order valence-electron chi connectivity index (χ4n) is 1.91. The van der Waals surface area contributed by atoms with Gasteiger partial charge in [0, 0.05) is 21.8 Å². The number of benzene rings is 2. The summed E-state index contributed by atoms with van der Waals surface area (Å²) in [5.74, 6) is 0.597. The average Bonchev–Trinajstić information content (AvgIpc) is 2.43. The van der Waals surface area contributed by atoms with E-state index >= 15 is 0 Å². The summed E-state index contributed by atoms with van der Waals surface area (Å²) in [6.45, 7) is 2.73. The van der Waals surface area contributed by atoms with Gasteiger partial charge in [0.05, 0.1) is 6.54 Å². The zero-order valence-electron chi connectivity index (χ0n) is 11.7. The Labute approximate surface area is 132 Å². The highest BCUT2D eigenvalue weighted by Gasteiger charge is 2.08. The Bertz CT molecular complexity index is 644. The van der Waals surface area contributed by atoms with Gasteiger partial charge < -0.3 is 15.8 Å². The molecule has 0 bridgehead atoms. The summed E-state index contributed by atoms with van der Waals surface area (Å²) in [6, 6.07) is 12.8. The Hall–Kier alpha value is -2.01. The largest absolute Gasteiger partial charge is 0.492 e. The number of carbonyl (C=O) groups excluding carboxylic acids is 1. The number of amides is 1. The lowest BCUT2D eigenvalue weighted by Gasteiger charge is -2.09. The van der Waals surface area contributed by atoms with Gasteiger partial charge in [-0.1, -0.05) is 22.0 Å². The molecule has 0 aliphatic rings. The van der Waals surface area contributed by atoms with Gasteiger partial charge in [-0.3, -0.25) is 4.79 Å². The predicted molar refractivity (Wildman–Crippen MR) is 87.6 cm³/mol. The number of aryl methyl sites for hydroxylation is 1. The molecule has 0 aliphatic carbocycles. The summed E-state index contributed by atoms with van der Waals surface area (Å²) in [4.78, 5) is 12.0. The summed E-state index contributed by atoms with van der Waals surface area (Å²) in [5.41, 5.74) is 7.91. The van der Waals surface area contributed by atoms with Crippen molar-refractivity contribution in [1.82, 2.24) is 5.32 Å². The lowest BCUT2D eigenvalue weighted by Crippen LogP contribution is -2.28. The number of rotatable bonds is 5. The Balaban J connectivity index is 1.82. The molecule has 4 nitrogen and oxygen atoms in total. The van der Waals surface area contributed by atoms with Crippen LogP contribution >= 0.6 is 15.9 Å². The molecule has 0 fully saturated rings. The molecule has 21 heavy (non-hydrogen) atoms. The summed E-state index contributed by atoms with van der Waals surface area (Å²) in [6.07, 6.45) is 0. The van der Waals surface area contributed by atoms with Crippen molar-refractivity contribution in [1.29, 1.82) is 0 Å². The van der Waals surface area contributed by atoms with E-state index in [1.54, 1.807) is 18.2 Å². The van der Waals surface area contributed by atoms with Gasteiger partial charge in [-0.05, 0) is 42.8 Å². The van der Waals surface area contributed by atoms with E-state index in [0.29, 0.717) is 30.2 Å². The lowest BCUT2D eigenvalue weighted by molar-refractivity contribution is 0.0946. The van der Waals surface area contributed by atoms with Crippen molar-refractivity contribution in [3.05, 3.63) is 58.1 Å². The van der Waals surface area contributed by atoms with Crippen LogP contribution < -0.4 is 15.8 Å². The molecule has 1 amide bonds. The van der Waals surface area contributed by atoms with E-state index < -0.39 is 0 Å². The van der Waals surface area contributed by atoms with Crippen molar-refractivity contribution in [3.8, 4) is 5.75 Å². The third-order valence-corrected chi connectivity index (χ3v) is 3.44. The third-order valence-electron chi connectivity index (χ3n) is 2.95. The number of carbonyl (C=O) groups is 1. The molecule has 0 aromatic heterocycles. The van der Waals surface area contributed by atoms with Crippen LogP contribution in [0, 0.1) is 6.92 Å². The predicted octanol–water partition coefficient (Wildman–Crippen LogP) is 3.15. The quantitative estimate of drug-likeness (QED) is 0.644. The third kappa shape index (κ3) is 4.49. The van der Waals surface area contributed by atoms with Crippen molar-refractivity contribution in [2.45, 2.75) is 6.92 Å². The first-order valence-corrected chi connectivity index (χ1v) is 7.38. The average molecular weight is 349 g/mol. The van der Waals surface area contributed by atoms with E-state index in [2.05, 4.69) is 21.2 Å². The van der Waals surface area contributed by atoms with Gasteiger partial charge in [0.1, 0.15) is 12.4 Å². The number of nitrogen functional groups attached to an aromatic ring is 1. The van der Waals surface area contributed by atoms with Crippen LogP contribution in [0.1, 0.15) is 15.9 Å². The molecular formula is C16H17BrN2O2. The number of nitrogens with one attached hydrogen (secondary N) is 1. The minimum atomic E-state index is -0.101. The smallest absolute Gasteiger partial charge is 0.251 e. The van der Waals surface area contributed by atoms with E-state index in [1.807, 2.05) is 31.2 Å². The molecule has 0 saturated carbocycles. The SMILES string of the molecule is Cc1cc(Br)ccc1C(=O)NCCOc1cccc(N)c1. The Morgan fingerprint density at radius 2 is 2.10 bits per heavy atom. The fourth-order valence-corrected chi connectivity index (χ4v) is 2.39. The molecule has 0 spiro atoms. The minimum absolute atomic E-state index is 0.101. The van der Waals surface area contributed by atoms with Crippen LogP contribution in [0.2, 0.25) is 0 Å². The van der Waals surface area contributed by atoms with Crippen LogP contribution in [0.25, 0.3) is 0 Å². The first kappa shape index (κ1) is 15.4. The van der Waals surface area contributed by atoms with Crippen molar-refractivity contribution < 1.29 is 9.53 Å². The van der Waals surface area contributed by atoms with Crippen LogP contribution in [-0.2, 0) is 0 Å². The van der Waals surface area contributed by atoms with Crippen LogP contribution in [-0.4, -0.2) is 19.1 Å². The number of anilines is 1. The molecular weight excluding hydrogens is 332 g/mol. The molecule has 2 rings (SSSR count). The normalized spacial score (nSPS) is 10.2. The highest BCUT2D eigenvalue weighted by Crippen LogP contribution is 2.16. The minimum Gasteiger partial charge on any atom is -0.492 e. The highest BCUT2D eigenvalue weighted by atomic mass is 79.9. The molecule has 0 unspecified atom stereocenters. The van der Waals surface area contributed by atoms with Gasteiger partial charge in [-0.2, -0.15) is 0 Å².